The summed E-state index contributed by atoms with van der Waals surface area (Å²) in [4.78, 5) is 24.9. The van der Waals surface area contributed by atoms with Crippen LogP contribution in [0.15, 0.2) is 60.7 Å². The first-order chi connectivity index (χ1) is 17.1. The smallest absolute Gasteiger partial charge is 0.261 e. The highest BCUT2D eigenvalue weighted by atomic mass is 35.5. The van der Waals surface area contributed by atoms with E-state index in [-0.39, 0.29) is 11.8 Å². The minimum Gasteiger partial charge on any atom is -0.481 e. The number of amides is 2. The lowest BCUT2D eigenvalue weighted by atomic mass is 10.1. The van der Waals surface area contributed by atoms with E-state index in [2.05, 4.69) is 10.6 Å². The molecule has 2 atom stereocenters. The maximum atomic E-state index is 12.4. The number of rotatable bonds is 10. The maximum Gasteiger partial charge on any atom is 0.261 e. The molecule has 0 radical (unpaired) electrons. The average Bonchev–Trinajstić information content (AvgIpc) is 2.84. The molecule has 8 heteroatoms. The Hall–Kier alpha value is -3.22. The van der Waals surface area contributed by atoms with E-state index in [0.29, 0.717) is 34.6 Å². The molecule has 6 nitrogen and oxygen atoms in total. The molecule has 2 N–H and O–H groups in total. The predicted molar refractivity (Wildman–Crippen MR) is 143 cm³/mol. The number of carbonyl (C=O) groups excluding carboxylic acids is 2. The van der Waals surface area contributed by atoms with Gasteiger partial charge in [0.25, 0.3) is 11.8 Å². The van der Waals surface area contributed by atoms with Crippen molar-refractivity contribution in [1.82, 2.24) is 10.6 Å². The number of carbonyl (C=O) groups is 2. The van der Waals surface area contributed by atoms with E-state index in [9.17, 15) is 9.59 Å². The van der Waals surface area contributed by atoms with Crippen LogP contribution in [-0.4, -0.2) is 24.0 Å². The number of aryl methyl sites for hydroxylation is 2. The molecule has 190 valence electrons. The number of nitrogens with one attached hydrogen (secondary N) is 2. The van der Waals surface area contributed by atoms with Crippen LogP contribution in [0.3, 0.4) is 0 Å². The normalized spacial score (nSPS) is 12.4. The van der Waals surface area contributed by atoms with Gasteiger partial charge in [0.2, 0.25) is 0 Å². The molecule has 0 fully saturated rings. The number of benzene rings is 3. The lowest BCUT2D eigenvalue weighted by molar-refractivity contribution is -0.128. The van der Waals surface area contributed by atoms with Gasteiger partial charge in [0.15, 0.2) is 12.2 Å². The first-order valence-electron chi connectivity index (χ1n) is 11.6. The Kier molecular flexibility index (Phi) is 9.62. The van der Waals surface area contributed by atoms with Gasteiger partial charge in [0.05, 0.1) is 0 Å². The molecule has 0 bridgehead atoms. The Morgan fingerprint density at radius 2 is 1.06 bits per heavy atom. The van der Waals surface area contributed by atoms with E-state index in [0.717, 1.165) is 22.3 Å². The molecule has 0 aliphatic heterocycles. The number of hydrogen-bond donors (Lipinski definition) is 2. The lowest BCUT2D eigenvalue weighted by Gasteiger charge is -2.17. The fourth-order valence-corrected chi connectivity index (χ4v) is 3.87. The third-order valence-corrected chi connectivity index (χ3v) is 6.05. The van der Waals surface area contributed by atoms with Crippen LogP contribution in [0.1, 0.15) is 36.1 Å². The highest BCUT2D eigenvalue weighted by molar-refractivity contribution is 6.31. The molecule has 0 aliphatic rings. The summed E-state index contributed by atoms with van der Waals surface area (Å²) in [6.45, 7) is 7.89. The van der Waals surface area contributed by atoms with Crippen molar-refractivity contribution in [3.63, 3.8) is 0 Å². The highest BCUT2D eigenvalue weighted by Gasteiger charge is 2.17. The Balaban J connectivity index is 1.43. The van der Waals surface area contributed by atoms with Gasteiger partial charge in [-0.2, -0.15) is 0 Å². The minimum absolute atomic E-state index is 0.217. The molecule has 0 saturated heterocycles. The van der Waals surface area contributed by atoms with Crippen molar-refractivity contribution < 1.29 is 19.1 Å². The highest BCUT2D eigenvalue weighted by Crippen LogP contribution is 2.24. The molecule has 2 unspecified atom stereocenters. The van der Waals surface area contributed by atoms with Gasteiger partial charge in [-0.3, -0.25) is 9.59 Å². The predicted octanol–water partition coefficient (Wildman–Crippen LogP) is 5.78. The van der Waals surface area contributed by atoms with Crippen LogP contribution in [0.2, 0.25) is 10.0 Å². The molecule has 36 heavy (non-hydrogen) atoms. The molecule has 3 rings (SSSR count). The molecule has 0 aliphatic carbocycles. The van der Waals surface area contributed by atoms with E-state index in [4.69, 9.17) is 32.7 Å². The van der Waals surface area contributed by atoms with Crippen molar-refractivity contribution in [3.05, 3.63) is 93.0 Å². The zero-order chi connectivity index (χ0) is 26.2. The van der Waals surface area contributed by atoms with E-state index in [1.807, 2.05) is 38.1 Å². The van der Waals surface area contributed by atoms with Crippen molar-refractivity contribution in [3.8, 4) is 11.5 Å². The zero-order valence-electron chi connectivity index (χ0n) is 20.7. The standard InChI is InChI=1S/C28H30Cl2N2O4/c1-17-13-23(29)9-11-25(17)35-19(3)27(33)31-15-21-5-7-22(8-6-21)16-32-28(34)20(4)36-26-12-10-24(30)14-18(26)2/h5-14,19-20H,15-16H2,1-4H3,(H,31,33)(H,32,34). The van der Waals surface area contributed by atoms with Gasteiger partial charge in [0, 0.05) is 23.1 Å². The minimum atomic E-state index is -0.653. The van der Waals surface area contributed by atoms with Crippen LogP contribution in [0.25, 0.3) is 0 Å². The summed E-state index contributed by atoms with van der Waals surface area (Å²) in [6.07, 6.45) is -1.31. The number of ether oxygens (including phenoxy) is 2. The van der Waals surface area contributed by atoms with Crippen molar-refractivity contribution in [1.29, 1.82) is 0 Å². The summed E-state index contributed by atoms with van der Waals surface area (Å²) in [6, 6.07) is 18.2. The van der Waals surface area contributed by atoms with Crippen molar-refractivity contribution in [2.24, 2.45) is 0 Å². The summed E-state index contributed by atoms with van der Waals surface area (Å²) >= 11 is 11.9. The van der Waals surface area contributed by atoms with E-state index in [1.54, 1.807) is 50.2 Å². The lowest BCUT2D eigenvalue weighted by Crippen LogP contribution is -2.36. The Bertz CT molecular complexity index is 1120. The summed E-state index contributed by atoms with van der Waals surface area (Å²) in [5, 5.41) is 7.00. The zero-order valence-corrected chi connectivity index (χ0v) is 22.2. The molecule has 0 spiro atoms. The van der Waals surface area contributed by atoms with Gasteiger partial charge in [-0.1, -0.05) is 47.5 Å². The third-order valence-electron chi connectivity index (χ3n) is 5.58. The largest absolute Gasteiger partial charge is 0.481 e. The first-order valence-corrected chi connectivity index (χ1v) is 12.4. The van der Waals surface area contributed by atoms with Gasteiger partial charge in [-0.15, -0.1) is 0 Å². The summed E-state index contributed by atoms with van der Waals surface area (Å²) in [5.74, 6) is 0.809. The summed E-state index contributed by atoms with van der Waals surface area (Å²) < 4.78 is 11.5. The monoisotopic (exact) mass is 528 g/mol. The van der Waals surface area contributed by atoms with Crippen molar-refractivity contribution >= 4 is 35.0 Å². The van der Waals surface area contributed by atoms with Gasteiger partial charge >= 0.3 is 0 Å². The van der Waals surface area contributed by atoms with Gasteiger partial charge in [0.1, 0.15) is 11.5 Å². The van der Waals surface area contributed by atoms with Gasteiger partial charge in [-0.05, 0) is 86.3 Å². The molecule has 0 saturated carbocycles. The Morgan fingerprint density at radius 3 is 1.39 bits per heavy atom. The maximum absolute atomic E-state index is 12.4. The molecular weight excluding hydrogens is 499 g/mol. The van der Waals surface area contributed by atoms with E-state index < -0.39 is 12.2 Å². The van der Waals surface area contributed by atoms with Crippen molar-refractivity contribution in [2.45, 2.75) is 53.0 Å². The van der Waals surface area contributed by atoms with E-state index in [1.165, 1.54) is 0 Å². The molecule has 0 aromatic heterocycles. The fraction of sp³-hybridized carbons (Fsp3) is 0.286. The molecular formula is C28H30Cl2N2O4. The van der Waals surface area contributed by atoms with Gasteiger partial charge in [-0.25, -0.2) is 0 Å². The second-order valence-electron chi connectivity index (χ2n) is 8.59. The van der Waals surface area contributed by atoms with Crippen LogP contribution in [0.4, 0.5) is 0 Å². The molecule has 3 aromatic rings. The average molecular weight is 529 g/mol. The van der Waals surface area contributed by atoms with Gasteiger partial charge < -0.3 is 20.1 Å². The van der Waals surface area contributed by atoms with Crippen LogP contribution >= 0.6 is 23.2 Å². The molecule has 0 heterocycles. The number of hydrogen-bond acceptors (Lipinski definition) is 4. The summed E-state index contributed by atoms with van der Waals surface area (Å²) in [5.41, 5.74) is 3.60. The summed E-state index contributed by atoms with van der Waals surface area (Å²) in [7, 11) is 0. The van der Waals surface area contributed by atoms with E-state index >= 15 is 0 Å². The second kappa shape index (κ2) is 12.7. The van der Waals surface area contributed by atoms with Crippen LogP contribution in [-0.2, 0) is 22.7 Å². The molecule has 3 aromatic carbocycles. The van der Waals surface area contributed by atoms with Crippen LogP contribution in [0, 0.1) is 13.8 Å². The molecule has 2 amide bonds. The Morgan fingerprint density at radius 1 is 0.694 bits per heavy atom. The Labute approximate surface area is 221 Å². The SMILES string of the molecule is Cc1cc(Cl)ccc1OC(C)C(=O)NCc1ccc(CNC(=O)C(C)Oc2ccc(Cl)cc2C)cc1. The third kappa shape index (κ3) is 7.90. The first kappa shape index (κ1) is 27.4. The fourth-order valence-electron chi connectivity index (χ4n) is 3.42. The quantitative estimate of drug-likeness (QED) is 0.349. The number of halogens is 2. The topological polar surface area (TPSA) is 76.7 Å². The van der Waals surface area contributed by atoms with Crippen LogP contribution in [0.5, 0.6) is 11.5 Å². The second-order valence-corrected chi connectivity index (χ2v) is 9.46. The van der Waals surface area contributed by atoms with Crippen molar-refractivity contribution in [2.75, 3.05) is 0 Å². The van der Waals surface area contributed by atoms with Crippen LogP contribution < -0.4 is 20.1 Å².